The van der Waals surface area contributed by atoms with Crippen molar-refractivity contribution in [1.82, 2.24) is 14.8 Å². The Bertz CT molecular complexity index is 1310. The fraction of sp³-hybridized carbons (Fsp3) is 0.379. The van der Waals surface area contributed by atoms with Gasteiger partial charge < -0.3 is 14.8 Å². The number of benzene rings is 2. The molecule has 1 aliphatic heterocycles. The van der Waals surface area contributed by atoms with E-state index in [0.717, 1.165) is 38.6 Å². The Kier molecular flexibility index (Phi) is 8.55. The molecule has 2 amide bonds. The number of hydrogen-bond acceptors (Lipinski definition) is 3. The molecule has 202 valence electrons. The number of hydrogen-bond donors (Lipinski definition) is 1. The molecule has 0 radical (unpaired) electrons. The molecule has 2 unspecified atom stereocenters. The average Bonchev–Trinajstić information content (AvgIpc) is 3.33. The Morgan fingerprint density at radius 2 is 1.71 bits per heavy atom. The Hall–Kier alpha value is -3.20. The van der Waals surface area contributed by atoms with Crippen LogP contribution in [0.25, 0.3) is 0 Å². The molecule has 3 aromatic rings. The van der Waals surface area contributed by atoms with Crippen LogP contribution in [-0.4, -0.2) is 34.3 Å². The highest BCUT2D eigenvalue weighted by Gasteiger charge is 2.40. The lowest BCUT2D eigenvalue weighted by Gasteiger charge is -2.22. The zero-order valence-corrected chi connectivity index (χ0v) is 22.5. The summed E-state index contributed by atoms with van der Waals surface area (Å²) in [7, 11) is 0. The summed E-state index contributed by atoms with van der Waals surface area (Å²) in [6, 6.07) is 17.5. The van der Waals surface area contributed by atoms with Crippen molar-refractivity contribution in [3.05, 3.63) is 99.5 Å². The van der Waals surface area contributed by atoms with E-state index in [1.807, 2.05) is 54.6 Å². The van der Waals surface area contributed by atoms with Gasteiger partial charge in [-0.2, -0.15) is 13.2 Å². The van der Waals surface area contributed by atoms with Gasteiger partial charge >= 0.3 is 12.2 Å². The second kappa shape index (κ2) is 11.7. The molecule has 2 atom stereocenters. The molecular formula is C29H32F3N3O2S. The standard InChI is InChI=1S/C29H32F3N3O2S/c1-4-38-23-12-10-20(11-13-23)15-33-28(37)34-17-25(21-8-6-5-7-9-21)26(18-34)24-14-22(29(30,31)32)16-35(19(2)3)27(24)36/h5-14,16,19,25-26H,4,15,17-18H2,1-3H3,(H,33,37). The minimum atomic E-state index is -4.60. The van der Waals surface area contributed by atoms with Gasteiger partial charge in [-0.3, -0.25) is 4.79 Å². The number of rotatable bonds is 7. The molecule has 2 heterocycles. The number of aromatic nitrogens is 1. The molecule has 4 rings (SSSR count). The highest BCUT2D eigenvalue weighted by molar-refractivity contribution is 7.99. The summed E-state index contributed by atoms with van der Waals surface area (Å²) in [5, 5.41) is 2.93. The molecule has 1 aromatic heterocycles. The van der Waals surface area contributed by atoms with Crippen LogP contribution in [0.5, 0.6) is 0 Å². The largest absolute Gasteiger partial charge is 0.417 e. The fourth-order valence-corrected chi connectivity index (χ4v) is 5.57. The minimum Gasteiger partial charge on any atom is -0.334 e. The Labute approximate surface area is 225 Å². The topological polar surface area (TPSA) is 54.3 Å². The summed E-state index contributed by atoms with van der Waals surface area (Å²) in [5.74, 6) is 0.0838. The summed E-state index contributed by atoms with van der Waals surface area (Å²) in [5.41, 5.74) is 0.602. The minimum absolute atomic E-state index is 0.0849. The van der Waals surface area contributed by atoms with Crippen molar-refractivity contribution in [1.29, 1.82) is 0 Å². The molecule has 0 aliphatic carbocycles. The Morgan fingerprint density at radius 3 is 2.32 bits per heavy atom. The van der Waals surface area contributed by atoms with E-state index in [0.29, 0.717) is 13.1 Å². The number of alkyl halides is 3. The number of likely N-dealkylation sites (tertiary alicyclic amines) is 1. The number of carbonyl (C=O) groups is 1. The smallest absolute Gasteiger partial charge is 0.334 e. The molecule has 1 N–H and O–H groups in total. The second-order valence-corrected chi connectivity index (χ2v) is 11.1. The summed E-state index contributed by atoms with van der Waals surface area (Å²) in [6.07, 6.45) is -3.71. The summed E-state index contributed by atoms with van der Waals surface area (Å²) in [6.45, 7) is 6.22. The highest BCUT2D eigenvalue weighted by atomic mass is 32.2. The fourth-order valence-electron chi connectivity index (χ4n) is 4.91. The van der Waals surface area contributed by atoms with Crippen LogP contribution >= 0.6 is 11.8 Å². The van der Waals surface area contributed by atoms with Crippen molar-refractivity contribution in [3.63, 3.8) is 0 Å². The lowest BCUT2D eigenvalue weighted by molar-refractivity contribution is -0.138. The first kappa shape index (κ1) is 27.8. The monoisotopic (exact) mass is 543 g/mol. The third kappa shape index (κ3) is 6.26. The lowest BCUT2D eigenvalue weighted by atomic mass is 9.84. The zero-order valence-electron chi connectivity index (χ0n) is 21.7. The van der Waals surface area contributed by atoms with Gasteiger partial charge in [-0.15, -0.1) is 11.8 Å². The van der Waals surface area contributed by atoms with Crippen LogP contribution in [0.3, 0.4) is 0 Å². The first-order valence-electron chi connectivity index (χ1n) is 12.7. The molecule has 0 spiro atoms. The number of thioether (sulfide) groups is 1. The van der Waals surface area contributed by atoms with Crippen LogP contribution < -0.4 is 10.9 Å². The number of nitrogens with one attached hydrogen (secondary N) is 1. The molecular weight excluding hydrogens is 511 g/mol. The molecule has 38 heavy (non-hydrogen) atoms. The Balaban J connectivity index is 1.62. The number of halogens is 3. The van der Waals surface area contributed by atoms with E-state index in [4.69, 9.17) is 0 Å². The van der Waals surface area contributed by atoms with E-state index in [1.54, 1.807) is 30.5 Å². The van der Waals surface area contributed by atoms with E-state index in [9.17, 15) is 22.8 Å². The van der Waals surface area contributed by atoms with E-state index in [-0.39, 0.29) is 24.1 Å². The average molecular weight is 544 g/mol. The number of nitrogens with zero attached hydrogens (tertiary/aromatic N) is 2. The summed E-state index contributed by atoms with van der Waals surface area (Å²) in [4.78, 5) is 29.3. The van der Waals surface area contributed by atoms with Gasteiger partial charge in [0.05, 0.1) is 5.56 Å². The number of carbonyl (C=O) groups excluding carboxylic acids is 1. The lowest BCUT2D eigenvalue weighted by Crippen LogP contribution is -2.38. The van der Waals surface area contributed by atoms with Gasteiger partial charge in [-0.1, -0.05) is 49.4 Å². The van der Waals surface area contributed by atoms with Crippen LogP contribution in [-0.2, 0) is 12.7 Å². The molecule has 0 bridgehead atoms. The third-order valence-electron chi connectivity index (χ3n) is 6.87. The van der Waals surface area contributed by atoms with E-state index in [1.165, 1.54) is 0 Å². The number of amides is 2. The van der Waals surface area contributed by atoms with Crippen molar-refractivity contribution in [2.24, 2.45) is 0 Å². The van der Waals surface area contributed by atoms with Crippen molar-refractivity contribution in [3.8, 4) is 0 Å². The zero-order chi connectivity index (χ0) is 27.4. The Morgan fingerprint density at radius 1 is 1.05 bits per heavy atom. The van der Waals surface area contributed by atoms with E-state index < -0.39 is 29.3 Å². The van der Waals surface area contributed by atoms with Crippen LogP contribution in [0, 0.1) is 0 Å². The number of urea groups is 1. The van der Waals surface area contributed by atoms with Crippen LogP contribution in [0.4, 0.5) is 18.0 Å². The molecule has 9 heteroatoms. The predicted molar refractivity (Wildman–Crippen MR) is 145 cm³/mol. The molecule has 0 saturated carbocycles. The van der Waals surface area contributed by atoms with Crippen LogP contribution in [0.1, 0.15) is 60.9 Å². The first-order valence-corrected chi connectivity index (χ1v) is 13.7. The molecule has 1 saturated heterocycles. The summed E-state index contributed by atoms with van der Waals surface area (Å²) >= 11 is 1.74. The van der Waals surface area contributed by atoms with E-state index >= 15 is 0 Å². The highest BCUT2D eigenvalue weighted by Crippen LogP contribution is 2.40. The van der Waals surface area contributed by atoms with Crippen LogP contribution in [0.15, 0.2) is 76.6 Å². The maximum Gasteiger partial charge on any atom is 0.417 e. The third-order valence-corrected chi connectivity index (χ3v) is 7.76. The van der Waals surface area contributed by atoms with Crippen LogP contribution in [0.2, 0.25) is 0 Å². The van der Waals surface area contributed by atoms with Crippen molar-refractivity contribution in [2.75, 3.05) is 18.8 Å². The number of pyridine rings is 1. The van der Waals surface area contributed by atoms with Crippen molar-refractivity contribution in [2.45, 2.75) is 56.3 Å². The van der Waals surface area contributed by atoms with Gasteiger partial charge in [0, 0.05) is 54.2 Å². The molecule has 5 nitrogen and oxygen atoms in total. The normalized spacial score (nSPS) is 17.7. The van der Waals surface area contributed by atoms with E-state index in [2.05, 4.69) is 12.2 Å². The van der Waals surface area contributed by atoms with Gasteiger partial charge in [-0.05, 0) is 48.9 Å². The summed E-state index contributed by atoms with van der Waals surface area (Å²) < 4.78 is 42.5. The predicted octanol–water partition coefficient (Wildman–Crippen LogP) is 6.65. The first-order chi connectivity index (χ1) is 18.1. The molecule has 2 aromatic carbocycles. The molecule has 1 aliphatic rings. The maximum atomic E-state index is 13.8. The second-order valence-electron chi connectivity index (χ2n) is 9.75. The van der Waals surface area contributed by atoms with Gasteiger partial charge in [0.15, 0.2) is 0 Å². The van der Waals surface area contributed by atoms with Gasteiger partial charge in [0.1, 0.15) is 0 Å². The molecule has 1 fully saturated rings. The maximum absolute atomic E-state index is 13.8. The van der Waals surface area contributed by atoms with Crippen molar-refractivity contribution >= 4 is 17.8 Å². The SMILES string of the molecule is CCSc1ccc(CNC(=O)N2CC(c3ccccc3)C(c3cc(C(F)(F)F)cn(C(C)C)c3=O)C2)cc1. The van der Waals surface area contributed by atoms with Crippen molar-refractivity contribution < 1.29 is 18.0 Å². The van der Waals surface area contributed by atoms with Gasteiger partial charge in [-0.25, -0.2) is 4.79 Å². The van der Waals surface area contributed by atoms with Gasteiger partial charge in [0.2, 0.25) is 0 Å². The quantitative estimate of drug-likeness (QED) is 0.340. The van der Waals surface area contributed by atoms with Gasteiger partial charge in [0.25, 0.3) is 5.56 Å².